The number of carbonyl (C=O) groups is 1. The average molecular weight is 436 g/mol. The second kappa shape index (κ2) is 11.2. The zero-order valence-corrected chi connectivity index (χ0v) is 17.5. The predicted molar refractivity (Wildman–Crippen MR) is 109 cm³/mol. The van der Waals surface area contributed by atoms with Crippen molar-refractivity contribution in [1.29, 1.82) is 0 Å². The van der Waals surface area contributed by atoms with E-state index < -0.39 is 6.10 Å². The summed E-state index contributed by atoms with van der Waals surface area (Å²) < 4.78 is 10.4. The standard InChI is InChI=1S/C20H25Cl3O4/c1-26-20(25)7-5-3-2-4-6-16-17(19(24)11-18(16)23)12-27-15-9-13(21)8-14(22)10-15/h2,4,8-10,16-19,24H,3,5-7,11-12H2,1H3/b4-2-/t16-,17-,18-,19-/m1/s1. The van der Waals surface area contributed by atoms with Gasteiger partial charge in [0.2, 0.25) is 0 Å². The molecule has 4 atom stereocenters. The minimum absolute atomic E-state index is 0.0648. The Morgan fingerprint density at radius 3 is 2.59 bits per heavy atom. The summed E-state index contributed by atoms with van der Waals surface area (Å²) in [6.07, 6.45) is 6.90. The van der Waals surface area contributed by atoms with Crippen LogP contribution in [-0.2, 0) is 9.53 Å². The second-order valence-corrected chi connectivity index (χ2v) is 8.17. The molecule has 0 radical (unpaired) electrons. The quantitative estimate of drug-likeness (QED) is 0.248. The summed E-state index contributed by atoms with van der Waals surface area (Å²) >= 11 is 18.4. The first-order valence-corrected chi connectivity index (χ1v) is 10.2. The number of ether oxygens (including phenoxy) is 2. The first-order valence-electron chi connectivity index (χ1n) is 9.03. The third-order valence-electron chi connectivity index (χ3n) is 4.81. The van der Waals surface area contributed by atoms with Crippen LogP contribution in [-0.4, -0.2) is 36.3 Å². The SMILES string of the molecule is COC(=O)CCC/C=C\C[C@@H]1[C@@H](COc2cc(Cl)cc(Cl)c2)[C@H](O)C[C@H]1Cl. The number of halogens is 3. The number of alkyl halides is 1. The van der Waals surface area contributed by atoms with Crippen LogP contribution in [0.15, 0.2) is 30.4 Å². The fourth-order valence-corrected chi connectivity index (χ4v) is 4.31. The molecule has 2 rings (SSSR count). The molecule has 4 nitrogen and oxygen atoms in total. The predicted octanol–water partition coefficient (Wildman–Crippen LogP) is 5.27. The summed E-state index contributed by atoms with van der Waals surface area (Å²) in [7, 11) is 1.39. The second-order valence-electron chi connectivity index (χ2n) is 6.74. The van der Waals surface area contributed by atoms with Gasteiger partial charge in [0.15, 0.2) is 0 Å². The number of hydrogen-bond acceptors (Lipinski definition) is 4. The van der Waals surface area contributed by atoms with Crippen LogP contribution in [0, 0.1) is 11.8 Å². The molecule has 0 aromatic heterocycles. The molecule has 0 spiro atoms. The lowest BCUT2D eigenvalue weighted by atomic mass is 9.92. The molecule has 7 heteroatoms. The van der Waals surface area contributed by atoms with E-state index >= 15 is 0 Å². The normalized spacial score (nSPS) is 25.1. The third-order valence-corrected chi connectivity index (χ3v) is 5.75. The Morgan fingerprint density at radius 1 is 1.22 bits per heavy atom. The smallest absolute Gasteiger partial charge is 0.305 e. The van der Waals surface area contributed by atoms with Gasteiger partial charge in [0.1, 0.15) is 5.75 Å². The van der Waals surface area contributed by atoms with Crippen LogP contribution in [0.5, 0.6) is 5.75 Å². The maximum Gasteiger partial charge on any atom is 0.305 e. The molecular weight excluding hydrogens is 411 g/mol. The van der Waals surface area contributed by atoms with Crippen LogP contribution in [0.4, 0.5) is 0 Å². The zero-order valence-electron chi connectivity index (χ0n) is 15.2. The fourth-order valence-electron chi connectivity index (χ4n) is 3.33. The highest BCUT2D eigenvalue weighted by atomic mass is 35.5. The van der Waals surface area contributed by atoms with Crippen molar-refractivity contribution < 1.29 is 19.4 Å². The largest absolute Gasteiger partial charge is 0.493 e. The van der Waals surface area contributed by atoms with E-state index in [0.717, 1.165) is 19.3 Å². The van der Waals surface area contributed by atoms with E-state index in [1.807, 2.05) is 6.08 Å². The van der Waals surface area contributed by atoms with E-state index in [-0.39, 0.29) is 23.2 Å². The molecule has 1 N–H and O–H groups in total. The zero-order chi connectivity index (χ0) is 19.8. The van der Waals surface area contributed by atoms with Crippen molar-refractivity contribution in [3.63, 3.8) is 0 Å². The molecule has 0 bridgehead atoms. The molecule has 150 valence electrons. The number of allylic oxidation sites excluding steroid dienone is 2. The van der Waals surface area contributed by atoms with Crippen LogP contribution >= 0.6 is 34.8 Å². The lowest BCUT2D eigenvalue weighted by molar-refractivity contribution is -0.140. The van der Waals surface area contributed by atoms with Crippen LogP contribution in [0.2, 0.25) is 10.0 Å². The van der Waals surface area contributed by atoms with Crippen LogP contribution in [0.25, 0.3) is 0 Å². The van der Waals surface area contributed by atoms with E-state index in [9.17, 15) is 9.90 Å². The maximum atomic E-state index is 11.1. The van der Waals surface area contributed by atoms with E-state index in [4.69, 9.17) is 39.5 Å². The summed E-state index contributed by atoms with van der Waals surface area (Å²) in [5, 5.41) is 11.3. The Kier molecular flexibility index (Phi) is 9.24. The summed E-state index contributed by atoms with van der Waals surface area (Å²) in [6.45, 7) is 0.349. The third kappa shape index (κ3) is 7.19. The van der Waals surface area contributed by atoms with Gasteiger partial charge in [0.05, 0.1) is 19.8 Å². The minimum atomic E-state index is -0.500. The number of unbranched alkanes of at least 4 members (excludes halogenated alkanes) is 1. The van der Waals surface area contributed by atoms with Crippen molar-refractivity contribution >= 4 is 40.8 Å². The van der Waals surface area contributed by atoms with Crippen LogP contribution in [0.3, 0.4) is 0 Å². The number of benzene rings is 1. The van der Waals surface area contributed by atoms with Gasteiger partial charge >= 0.3 is 5.97 Å². The van der Waals surface area contributed by atoms with Gasteiger partial charge in [0.25, 0.3) is 0 Å². The first-order chi connectivity index (χ1) is 12.9. The van der Waals surface area contributed by atoms with Crippen LogP contribution < -0.4 is 4.74 Å². The van der Waals surface area contributed by atoms with Gasteiger partial charge in [-0.2, -0.15) is 0 Å². The Labute approximate surface area is 175 Å². The molecule has 1 aromatic carbocycles. The van der Waals surface area contributed by atoms with Gasteiger partial charge in [-0.3, -0.25) is 4.79 Å². The van der Waals surface area contributed by atoms with E-state index in [1.54, 1.807) is 18.2 Å². The van der Waals surface area contributed by atoms with Crippen molar-refractivity contribution in [2.45, 2.75) is 43.6 Å². The number of methoxy groups -OCH3 is 1. The molecule has 27 heavy (non-hydrogen) atoms. The van der Waals surface area contributed by atoms with Crippen molar-refractivity contribution in [3.05, 3.63) is 40.4 Å². The van der Waals surface area contributed by atoms with Gasteiger partial charge in [-0.25, -0.2) is 0 Å². The van der Waals surface area contributed by atoms with Gasteiger partial charge in [-0.1, -0.05) is 35.4 Å². The number of esters is 1. The molecule has 1 aliphatic carbocycles. The fraction of sp³-hybridized carbons (Fsp3) is 0.550. The average Bonchev–Trinajstić information content (AvgIpc) is 2.88. The van der Waals surface area contributed by atoms with Gasteiger partial charge < -0.3 is 14.6 Å². The van der Waals surface area contributed by atoms with Gasteiger partial charge in [-0.15, -0.1) is 11.6 Å². The molecule has 0 heterocycles. The summed E-state index contributed by atoms with van der Waals surface area (Å²) in [6, 6.07) is 5.04. The molecular formula is C20H25Cl3O4. The topological polar surface area (TPSA) is 55.8 Å². The van der Waals surface area contributed by atoms with Gasteiger partial charge in [-0.05, 0) is 49.8 Å². The molecule has 0 amide bonds. The van der Waals surface area contributed by atoms with E-state index in [0.29, 0.717) is 35.2 Å². The highest BCUT2D eigenvalue weighted by Crippen LogP contribution is 2.39. The lowest BCUT2D eigenvalue weighted by Gasteiger charge is -2.22. The van der Waals surface area contributed by atoms with Crippen molar-refractivity contribution in [3.8, 4) is 5.75 Å². The minimum Gasteiger partial charge on any atom is -0.493 e. The Morgan fingerprint density at radius 2 is 1.93 bits per heavy atom. The summed E-state index contributed by atoms with van der Waals surface area (Å²) in [5.74, 6) is 0.439. The number of rotatable bonds is 9. The molecule has 0 aliphatic heterocycles. The Hall–Kier alpha value is -0.940. The van der Waals surface area contributed by atoms with E-state index in [1.165, 1.54) is 7.11 Å². The van der Waals surface area contributed by atoms with E-state index in [2.05, 4.69) is 10.8 Å². The first kappa shape index (κ1) is 22.4. The van der Waals surface area contributed by atoms with Crippen molar-refractivity contribution in [1.82, 2.24) is 0 Å². The van der Waals surface area contributed by atoms with Crippen molar-refractivity contribution in [2.24, 2.45) is 11.8 Å². The summed E-state index contributed by atoms with van der Waals surface area (Å²) in [5.41, 5.74) is 0. The summed E-state index contributed by atoms with van der Waals surface area (Å²) in [4.78, 5) is 11.1. The monoisotopic (exact) mass is 434 g/mol. The highest BCUT2D eigenvalue weighted by molar-refractivity contribution is 6.34. The lowest BCUT2D eigenvalue weighted by Crippen LogP contribution is -2.27. The molecule has 1 fully saturated rings. The van der Waals surface area contributed by atoms with Gasteiger partial charge in [0, 0.05) is 27.8 Å². The maximum absolute atomic E-state index is 11.1. The molecule has 1 aliphatic rings. The Bertz CT molecular complexity index is 630. The highest BCUT2D eigenvalue weighted by Gasteiger charge is 2.41. The molecule has 0 saturated heterocycles. The number of carbonyl (C=O) groups excluding carboxylic acids is 1. The number of aliphatic hydroxyl groups excluding tert-OH is 1. The number of hydrogen-bond donors (Lipinski definition) is 1. The molecule has 0 unspecified atom stereocenters. The molecule has 1 saturated carbocycles. The molecule has 1 aromatic rings. The van der Waals surface area contributed by atoms with Crippen LogP contribution in [0.1, 0.15) is 32.1 Å². The number of aliphatic hydroxyl groups is 1. The Balaban J connectivity index is 1.85. The van der Waals surface area contributed by atoms with Crippen molar-refractivity contribution in [2.75, 3.05) is 13.7 Å².